The van der Waals surface area contributed by atoms with Gasteiger partial charge in [0.05, 0.1) is 7.11 Å². The Morgan fingerprint density at radius 1 is 1.33 bits per heavy atom. The average Bonchev–Trinajstić information content (AvgIpc) is 2.62. The van der Waals surface area contributed by atoms with E-state index >= 15 is 0 Å². The standard InChI is InChI=1S/C19H23NO6S/c1-11-8-18(22)26-16-10-15(25-2)12(9-13(11)16)4-5-17(21)20-14(19(23)24)6-7-27-3/h8-10,14H,4-7H2,1-3H3,(H,20,21)(H,23,24)/t14-/m0/s1. The minimum atomic E-state index is -1.04. The second-order valence-electron chi connectivity index (χ2n) is 6.15. The van der Waals surface area contributed by atoms with Crippen LogP contribution in [-0.4, -0.2) is 42.1 Å². The lowest BCUT2D eigenvalue weighted by molar-refractivity contribution is -0.141. The van der Waals surface area contributed by atoms with E-state index in [9.17, 15) is 19.5 Å². The van der Waals surface area contributed by atoms with Crippen LogP contribution in [0.2, 0.25) is 0 Å². The molecule has 1 aromatic heterocycles. The fourth-order valence-electron chi connectivity index (χ4n) is 2.78. The van der Waals surface area contributed by atoms with Crippen LogP contribution in [0.15, 0.2) is 27.4 Å². The van der Waals surface area contributed by atoms with Crippen LogP contribution in [0.5, 0.6) is 5.75 Å². The van der Waals surface area contributed by atoms with Gasteiger partial charge < -0.3 is 19.6 Å². The van der Waals surface area contributed by atoms with Crippen LogP contribution in [0.25, 0.3) is 11.0 Å². The van der Waals surface area contributed by atoms with Gasteiger partial charge in [0, 0.05) is 23.9 Å². The lowest BCUT2D eigenvalue weighted by atomic mass is 10.0. The Hall–Kier alpha value is -2.48. The molecule has 0 aliphatic rings. The number of carbonyl (C=O) groups is 2. The molecular formula is C19H23NO6S. The molecule has 2 N–H and O–H groups in total. The van der Waals surface area contributed by atoms with Gasteiger partial charge in [0.15, 0.2) is 0 Å². The van der Waals surface area contributed by atoms with Gasteiger partial charge >= 0.3 is 11.6 Å². The highest BCUT2D eigenvalue weighted by molar-refractivity contribution is 7.98. The number of carboxylic acids is 1. The number of methoxy groups -OCH3 is 1. The summed E-state index contributed by atoms with van der Waals surface area (Å²) in [5.41, 5.74) is 1.55. The Bertz CT molecular complexity index is 892. The van der Waals surface area contributed by atoms with Gasteiger partial charge in [-0.25, -0.2) is 9.59 Å². The van der Waals surface area contributed by atoms with Gasteiger partial charge in [-0.05, 0) is 49.0 Å². The summed E-state index contributed by atoms with van der Waals surface area (Å²) >= 11 is 1.53. The van der Waals surface area contributed by atoms with Gasteiger partial charge in [0.2, 0.25) is 5.91 Å². The average molecular weight is 393 g/mol. The summed E-state index contributed by atoms with van der Waals surface area (Å²) in [5.74, 6) is -0.199. The maximum Gasteiger partial charge on any atom is 0.336 e. The Labute approximate surface area is 161 Å². The van der Waals surface area contributed by atoms with Crippen molar-refractivity contribution in [2.75, 3.05) is 19.1 Å². The van der Waals surface area contributed by atoms with E-state index in [-0.39, 0.29) is 12.3 Å². The molecule has 2 aromatic rings. The zero-order valence-corrected chi connectivity index (χ0v) is 16.4. The number of aliphatic carboxylic acids is 1. The molecule has 8 heteroatoms. The molecule has 1 heterocycles. The molecule has 0 saturated heterocycles. The number of carbonyl (C=O) groups excluding carboxylic acids is 1. The SMILES string of the molecule is COc1cc2oc(=O)cc(C)c2cc1CCC(=O)N[C@@H](CCSC)C(=O)O. The van der Waals surface area contributed by atoms with Crippen molar-refractivity contribution < 1.29 is 23.8 Å². The molecule has 0 unspecified atom stereocenters. The van der Waals surface area contributed by atoms with Crippen molar-refractivity contribution in [3.63, 3.8) is 0 Å². The Kier molecular flexibility index (Phi) is 7.29. The Morgan fingerprint density at radius 2 is 2.07 bits per heavy atom. The van der Waals surface area contributed by atoms with E-state index in [1.165, 1.54) is 24.9 Å². The maximum absolute atomic E-state index is 12.2. The lowest BCUT2D eigenvalue weighted by Gasteiger charge is -2.15. The molecule has 1 aromatic carbocycles. The largest absolute Gasteiger partial charge is 0.496 e. The summed E-state index contributed by atoms with van der Waals surface area (Å²) in [6, 6.07) is 3.99. The smallest absolute Gasteiger partial charge is 0.336 e. The third-order valence-electron chi connectivity index (χ3n) is 4.22. The molecule has 2 rings (SSSR count). The molecule has 7 nitrogen and oxygen atoms in total. The number of hydrogen-bond donors (Lipinski definition) is 2. The monoisotopic (exact) mass is 393 g/mol. The molecule has 0 saturated carbocycles. The van der Waals surface area contributed by atoms with E-state index < -0.39 is 17.6 Å². The fourth-order valence-corrected chi connectivity index (χ4v) is 3.26. The van der Waals surface area contributed by atoms with E-state index in [1.54, 1.807) is 6.07 Å². The molecule has 0 spiro atoms. The van der Waals surface area contributed by atoms with Crippen molar-refractivity contribution in [3.8, 4) is 5.75 Å². The normalized spacial score (nSPS) is 12.0. The van der Waals surface area contributed by atoms with Crippen LogP contribution >= 0.6 is 11.8 Å². The van der Waals surface area contributed by atoms with Crippen molar-refractivity contribution in [2.45, 2.75) is 32.2 Å². The van der Waals surface area contributed by atoms with Crippen LogP contribution < -0.4 is 15.7 Å². The highest BCUT2D eigenvalue weighted by Crippen LogP contribution is 2.28. The maximum atomic E-state index is 12.2. The minimum absolute atomic E-state index is 0.126. The third-order valence-corrected chi connectivity index (χ3v) is 4.86. The van der Waals surface area contributed by atoms with E-state index in [2.05, 4.69) is 5.32 Å². The summed E-state index contributed by atoms with van der Waals surface area (Å²) in [6.07, 6.45) is 2.76. The minimum Gasteiger partial charge on any atom is -0.496 e. The van der Waals surface area contributed by atoms with Crippen molar-refractivity contribution in [2.24, 2.45) is 0 Å². The molecule has 0 bridgehead atoms. The van der Waals surface area contributed by atoms with Gasteiger partial charge in [-0.15, -0.1) is 0 Å². The van der Waals surface area contributed by atoms with E-state index in [0.717, 1.165) is 16.5 Å². The number of nitrogens with one attached hydrogen (secondary N) is 1. The second kappa shape index (κ2) is 9.45. The number of fused-ring (bicyclic) bond motifs is 1. The molecule has 27 heavy (non-hydrogen) atoms. The van der Waals surface area contributed by atoms with Crippen LogP contribution in [0.1, 0.15) is 24.0 Å². The fraction of sp³-hybridized carbons (Fsp3) is 0.421. The predicted molar refractivity (Wildman–Crippen MR) is 105 cm³/mol. The molecule has 146 valence electrons. The first kappa shape index (κ1) is 20.8. The van der Waals surface area contributed by atoms with Crippen LogP contribution in [-0.2, 0) is 16.0 Å². The number of rotatable bonds is 9. The number of benzene rings is 1. The number of amides is 1. The summed E-state index contributed by atoms with van der Waals surface area (Å²) in [5, 5.41) is 12.5. The zero-order valence-electron chi connectivity index (χ0n) is 15.5. The molecule has 1 amide bonds. The van der Waals surface area contributed by atoms with Gasteiger partial charge in [0.1, 0.15) is 17.4 Å². The molecule has 0 fully saturated rings. The molecule has 0 radical (unpaired) electrons. The molecule has 0 aliphatic heterocycles. The van der Waals surface area contributed by atoms with Crippen molar-refractivity contribution >= 4 is 34.6 Å². The number of ether oxygens (including phenoxy) is 1. The van der Waals surface area contributed by atoms with Gasteiger partial charge in [-0.3, -0.25) is 4.79 Å². The number of carboxylic acid groups (broad SMARTS) is 1. The van der Waals surface area contributed by atoms with Gasteiger partial charge in [-0.1, -0.05) is 0 Å². The Morgan fingerprint density at radius 3 is 2.70 bits per heavy atom. The highest BCUT2D eigenvalue weighted by atomic mass is 32.2. The predicted octanol–water partition coefficient (Wildman–Crippen LogP) is 2.37. The van der Waals surface area contributed by atoms with Crippen LogP contribution in [0, 0.1) is 6.92 Å². The summed E-state index contributed by atoms with van der Waals surface area (Å²) in [7, 11) is 1.50. The van der Waals surface area contributed by atoms with Crippen LogP contribution in [0.3, 0.4) is 0 Å². The topological polar surface area (TPSA) is 106 Å². The van der Waals surface area contributed by atoms with Crippen molar-refractivity contribution in [1.82, 2.24) is 5.32 Å². The first-order valence-corrected chi connectivity index (χ1v) is 9.87. The number of thioether (sulfide) groups is 1. The van der Waals surface area contributed by atoms with E-state index in [1.807, 2.05) is 19.2 Å². The molecular weight excluding hydrogens is 370 g/mol. The number of aryl methyl sites for hydroxylation is 2. The summed E-state index contributed by atoms with van der Waals surface area (Å²) in [4.78, 5) is 35.0. The molecule has 1 atom stereocenters. The summed E-state index contributed by atoms with van der Waals surface area (Å²) < 4.78 is 10.5. The van der Waals surface area contributed by atoms with Gasteiger partial charge in [0.25, 0.3) is 0 Å². The van der Waals surface area contributed by atoms with Gasteiger partial charge in [-0.2, -0.15) is 11.8 Å². The molecule has 0 aliphatic carbocycles. The summed E-state index contributed by atoms with van der Waals surface area (Å²) in [6.45, 7) is 1.81. The second-order valence-corrected chi connectivity index (χ2v) is 7.13. The first-order chi connectivity index (χ1) is 12.8. The quantitative estimate of drug-likeness (QED) is 0.630. The van der Waals surface area contributed by atoms with E-state index in [0.29, 0.717) is 29.9 Å². The highest BCUT2D eigenvalue weighted by Gasteiger charge is 2.19. The first-order valence-electron chi connectivity index (χ1n) is 8.48. The number of hydrogen-bond acceptors (Lipinski definition) is 6. The lowest BCUT2D eigenvalue weighted by Crippen LogP contribution is -2.41. The van der Waals surface area contributed by atoms with Crippen molar-refractivity contribution in [1.29, 1.82) is 0 Å². The zero-order chi connectivity index (χ0) is 20.0. The van der Waals surface area contributed by atoms with E-state index in [4.69, 9.17) is 9.15 Å². The Balaban J connectivity index is 2.14. The third kappa shape index (κ3) is 5.50. The van der Waals surface area contributed by atoms with Crippen molar-refractivity contribution in [3.05, 3.63) is 39.7 Å². The van der Waals surface area contributed by atoms with Crippen LogP contribution in [0.4, 0.5) is 0 Å².